The van der Waals surface area contributed by atoms with Crippen molar-refractivity contribution in [2.45, 2.75) is 70.8 Å². The van der Waals surface area contributed by atoms with Crippen LogP contribution < -0.4 is 5.43 Å². The Balaban J connectivity index is 1.59. The van der Waals surface area contributed by atoms with Gasteiger partial charge >= 0.3 is 0 Å². The molecule has 0 unspecified atom stereocenters. The van der Waals surface area contributed by atoms with Gasteiger partial charge in [-0.15, -0.1) is 0 Å². The number of ether oxygens (including phenoxy) is 1. The molecule has 238 valence electrons. The summed E-state index contributed by atoms with van der Waals surface area (Å²) < 4.78 is 11.6. The monoisotopic (exact) mass is 616 g/mol. The Morgan fingerprint density at radius 1 is 1.11 bits per heavy atom. The van der Waals surface area contributed by atoms with Crippen LogP contribution in [-0.2, 0) is 24.5 Å². The lowest BCUT2D eigenvalue weighted by molar-refractivity contribution is -0.141. The molecular formula is C36H40O9. The first-order valence-corrected chi connectivity index (χ1v) is 15.6. The van der Waals surface area contributed by atoms with Crippen LogP contribution in [0.1, 0.15) is 65.1 Å². The number of aliphatic hydroxyl groups excluding tert-OH is 1. The molecule has 1 aromatic heterocycles. The number of phenols is 2. The zero-order valence-corrected chi connectivity index (χ0v) is 26.1. The van der Waals surface area contributed by atoms with Crippen LogP contribution >= 0.6 is 0 Å². The van der Waals surface area contributed by atoms with Gasteiger partial charge < -0.3 is 29.3 Å². The summed E-state index contributed by atoms with van der Waals surface area (Å²) in [4.78, 5) is 54.6. The fourth-order valence-corrected chi connectivity index (χ4v) is 9.56. The van der Waals surface area contributed by atoms with E-state index in [9.17, 15) is 34.5 Å². The van der Waals surface area contributed by atoms with Crippen molar-refractivity contribution in [2.75, 3.05) is 7.11 Å². The van der Waals surface area contributed by atoms with E-state index in [1.54, 1.807) is 0 Å². The predicted octanol–water partition coefficient (Wildman–Crippen LogP) is 5.05. The highest BCUT2D eigenvalue weighted by atomic mass is 16.5. The molecule has 9 heteroatoms. The third-order valence-electron chi connectivity index (χ3n) is 11.9. The first-order valence-electron chi connectivity index (χ1n) is 15.6. The van der Waals surface area contributed by atoms with Crippen molar-refractivity contribution in [2.24, 2.45) is 34.5 Å². The second-order valence-corrected chi connectivity index (χ2v) is 14.1. The Morgan fingerprint density at radius 3 is 2.53 bits per heavy atom. The molecule has 9 nitrogen and oxygen atoms in total. The summed E-state index contributed by atoms with van der Waals surface area (Å²) in [6.07, 6.45) is 6.53. The maximum absolute atomic E-state index is 14.6. The van der Waals surface area contributed by atoms with Crippen LogP contribution in [0.25, 0.3) is 11.0 Å². The second kappa shape index (κ2) is 10.5. The minimum Gasteiger partial charge on any atom is -0.508 e. The van der Waals surface area contributed by atoms with Gasteiger partial charge in [0, 0.05) is 41.5 Å². The van der Waals surface area contributed by atoms with Crippen molar-refractivity contribution >= 4 is 28.8 Å². The molecule has 2 fully saturated rings. The number of methoxy groups -OCH3 is 1. The number of aldehydes is 1. The Kier molecular flexibility index (Phi) is 7.27. The van der Waals surface area contributed by atoms with Gasteiger partial charge in [-0.2, -0.15) is 0 Å². The van der Waals surface area contributed by atoms with Gasteiger partial charge in [0.05, 0.1) is 13.2 Å². The zero-order valence-electron chi connectivity index (χ0n) is 26.1. The Bertz CT molecular complexity index is 1760. The van der Waals surface area contributed by atoms with Crippen LogP contribution in [0.5, 0.6) is 11.5 Å². The van der Waals surface area contributed by atoms with Crippen molar-refractivity contribution in [3.8, 4) is 11.5 Å². The van der Waals surface area contributed by atoms with Crippen LogP contribution in [0.3, 0.4) is 0 Å². The lowest BCUT2D eigenvalue weighted by Crippen LogP contribution is -2.59. The summed E-state index contributed by atoms with van der Waals surface area (Å²) in [5.74, 6) is -3.87. The average Bonchev–Trinajstić information content (AvgIpc) is 2.98. The SMILES string of the molecule is C=C1[C@@H](O)C[C@@H]2[C@](C)(CCC[C@@]2(C)C=O)[C@H]1C[C@@H]1C(C)=CC[C@H]2C(=O)C(OC)=CC(=O)[C@@]12c1cc(=O)c2c(O)cc(O)cc2o1. The number of allylic oxidation sites excluding steroid dienone is 4. The molecule has 0 spiro atoms. The third kappa shape index (κ3) is 4.30. The van der Waals surface area contributed by atoms with E-state index in [0.29, 0.717) is 18.4 Å². The maximum atomic E-state index is 14.6. The Morgan fingerprint density at radius 2 is 1.84 bits per heavy atom. The number of hydrogen-bond donors (Lipinski definition) is 3. The van der Waals surface area contributed by atoms with Crippen molar-refractivity contribution in [3.63, 3.8) is 0 Å². The topological polar surface area (TPSA) is 151 Å². The average molecular weight is 617 g/mol. The molecular weight excluding hydrogens is 576 g/mol. The standard InChI is InChI=1S/C36H40O9/c1-18-7-8-21-33(43)28(44-5)16-30(42)36(21,31-15-26(41)32-25(40)11-20(38)12-27(32)45-31)22(18)13-23-19(2)24(39)14-29-34(3,17-37)9-6-10-35(23,29)4/h7,11-12,15-17,21-24,29,38-40H,2,6,8-10,13-14H2,1,3-5H3/t21-,22+,23-,24-,29-,34-,35+,36-/m0/s1. The quantitative estimate of drug-likeness (QED) is 0.310. The molecule has 0 amide bonds. The summed E-state index contributed by atoms with van der Waals surface area (Å²) >= 11 is 0. The number of aliphatic hydroxyl groups is 1. The number of carbonyl (C=O) groups excluding carboxylic acids is 3. The first-order chi connectivity index (χ1) is 21.2. The van der Waals surface area contributed by atoms with Crippen molar-refractivity contribution < 1.29 is 38.9 Å². The minimum atomic E-state index is -1.66. The molecule has 3 N–H and O–H groups in total. The van der Waals surface area contributed by atoms with E-state index in [2.05, 4.69) is 13.5 Å². The molecule has 1 aromatic carbocycles. The van der Waals surface area contributed by atoms with Gasteiger partial charge in [-0.25, -0.2) is 0 Å². The summed E-state index contributed by atoms with van der Waals surface area (Å²) in [7, 11) is 1.33. The number of benzene rings is 1. The van der Waals surface area contributed by atoms with Gasteiger partial charge in [-0.3, -0.25) is 14.4 Å². The van der Waals surface area contributed by atoms with Gasteiger partial charge in [0.15, 0.2) is 17.0 Å². The summed E-state index contributed by atoms with van der Waals surface area (Å²) in [6, 6.07) is 3.41. The van der Waals surface area contributed by atoms with Crippen LogP contribution in [0.15, 0.2) is 63.0 Å². The molecule has 0 radical (unpaired) electrons. The first kappa shape index (κ1) is 31.0. The number of phenolic OH excluding ortho intramolecular Hbond substituents is 2. The van der Waals surface area contributed by atoms with E-state index in [4.69, 9.17) is 9.15 Å². The number of ketones is 2. The number of aromatic hydroxyl groups is 2. The highest BCUT2D eigenvalue weighted by Gasteiger charge is 2.63. The van der Waals surface area contributed by atoms with Crippen LogP contribution in [0.4, 0.5) is 0 Å². The van der Waals surface area contributed by atoms with Crippen molar-refractivity contribution in [3.05, 3.63) is 69.8 Å². The second-order valence-electron chi connectivity index (χ2n) is 14.1. The van der Waals surface area contributed by atoms with Crippen molar-refractivity contribution in [1.29, 1.82) is 0 Å². The molecule has 0 aliphatic heterocycles. The van der Waals surface area contributed by atoms with Crippen LogP contribution in [-0.4, -0.2) is 46.4 Å². The number of carbonyl (C=O) groups is 3. The smallest absolute Gasteiger partial charge is 0.202 e. The maximum Gasteiger partial charge on any atom is 0.202 e. The fraction of sp³-hybridized carbons (Fsp3) is 0.500. The van der Waals surface area contributed by atoms with E-state index >= 15 is 0 Å². The third-order valence-corrected chi connectivity index (χ3v) is 11.9. The lowest BCUT2D eigenvalue weighted by Gasteiger charge is -2.59. The van der Waals surface area contributed by atoms with Crippen LogP contribution in [0.2, 0.25) is 0 Å². The zero-order chi connectivity index (χ0) is 32.6. The fourth-order valence-electron chi connectivity index (χ4n) is 9.56. The predicted molar refractivity (Wildman–Crippen MR) is 165 cm³/mol. The molecule has 2 saturated carbocycles. The Labute approximate surface area is 261 Å². The highest BCUT2D eigenvalue weighted by Crippen LogP contribution is 2.64. The molecule has 0 saturated heterocycles. The molecule has 45 heavy (non-hydrogen) atoms. The van der Waals surface area contributed by atoms with Gasteiger partial charge in [-0.05, 0) is 61.9 Å². The summed E-state index contributed by atoms with van der Waals surface area (Å²) in [5, 5.41) is 31.9. The summed E-state index contributed by atoms with van der Waals surface area (Å²) in [5.41, 5.74) is -2.01. The summed E-state index contributed by atoms with van der Waals surface area (Å²) in [6.45, 7) is 10.3. The lowest BCUT2D eigenvalue weighted by atomic mass is 9.44. The molecule has 6 rings (SSSR count). The molecule has 1 heterocycles. The van der Waals surface area contributed by atoms with E-state index in [-0.39, 0.29) is 46.5 Å². The molecule has 8 atom stereocenters. The number of Topliss-reactive ketones (excluding diaryl/α,β-unsaturated/α-hetero) is 1. The molecule has 0 bridgehead atoms. The van der Waals surface area contributed by atoms with Crippen molar-refractivity contribution in [1.82, 2.24) is 0 Å². The van der Waals surface area contributed by atoms with Gasteiger partial charge in [-0.1, -0.05) is 38.5 Å². The molecule has 4 aliphatic carbocycles. The van der Waals surface area contributed by atoms with Gasteiger partial charge in [0.2, 0.25) is 5.78 Å². The van der Waals surface area contributed by atoms with Gasteiger partial charge in [0.1, 0.15) is 39.9 Å². The van der Waals surface area contributed by atoms with E-state index < -0.39 is 56.9 Å². The van der Waals surface area contributed by atoms with E-state index in [1.807, 2.05) is 19.9 Å². The molecule has 2 aromatic rings. The van der Waals surface area contributed by atoms with Gasteiger partial charge in [0.25, 0.3) is 0 Å². The minimum absolute atomic E-state index is 0.0396. The molecule has 4 aliphatic rings. The Hall–Kier alpha value is -3.98. The van der Waals surface area contributed by atoms with Crippen LogP contribution in [0, 0.1) is 34.5 Å². The van der Waals surface area contributed by atoms with E-state index in [1.165, 1.54) is 25.3 Å². The highest BCUT2D eigenvalue weighted by molar-refractivity contribution is 6.14. The van der Waals surface area contributed by atoms with E-state index in [0.717, 1.165) is 37.2 Å². The number of rotatable bonds is 5. The number of hydrogen-bond acceptors (Lipinski definition) is 9. The number of fused-ring (bicyclic) bond motifs is 3. The normalized spacial score (nSPS) is 36.6. The largest absolute Gasteiger partial charge is 0.508 e.